The molecule has 0 spiro atoms. The number of hydrogen-bond acceptors (Lipinski definition) is 5. The number of alkyl halides is 3. The molecule has 1 fully saturated rings. The minimum absolute atomic E-state index is 0.0438. The SMILES string of the molecule is O=C(Nc1ccccc1OCC(F)(F)F)c1ccc(F)c(S(=O)(=O)N2CCOCC2)c1. The van der Waals surface area contributed by atoms with Gasteiger partial charge >= 0.3 is 6.18 Å². The Bertz CT molecular complexity index is 1050. The molecule has 2 aromatic carbocycles. The Balaban J connectivity index is 1.83. The van der Waals surface area contributed by atoms with Crippen LogP contribution in [0.4, 0.5) is 23.2 Å². The van der Waals surface area contributed by atoms with Crippen LogP contribution in [-0.2, 0) is 14.8 Å². The summed E-state index contributed by atoms with van der Waals surface area (Å²) in [4.78, 5) is 11.9. The van der Waals surface area contributed by atoms with E-state index in [1.165, 1.54) is 24.3 Å². The molecular formula is C19H18F4N2O5S. The molecule has 3 rings (SSSR count). The normalized spacial score (nSPS) is 15.5. The van der Waals surface area contributed by atoms with Crippen LogP contribution in [0.1, 0.15) is 10.4 Å². The molecule has 0 unspecified atom stereocenters. The quantitative estimate of drug-likeness (QED) is 0.668. The molecule has 0 aliphatic carbocycles. The van der Waals surface area contributed by atoms with Gasteiger partial charge in [0, 0.05) is 18.7 Å². The number of carbonyl (C=O) groups excluding carboxylic acids is 1. The molecule has 2 aromatic rings. The molecule has 0 aromatic heterocycles. The van der Waals surface area contributed by atoms with Crippen LogP contribution in [-0.4, -0.2) is 57.7 Å². The Morgan fingerprint density at radius 2 is 1.81 bits per heavy atom. The highest BCUT2D eigenvalue weighted by Gasteiger charge is 2.30. The first-order chi connectivity index (χ1) is 14.6. The second-order valence-corrected chi connectivity index (χ2v) is 8.42. The number of anilines is 1. The van der Waals surface area contributed by atoms with Gasteiger partial charge in [-0.2, -0.15) is 17.5 Å². The summed E-state index contributed by atoms with van der Waals surface area (Å²) in [6, 6.07) is 8.24. The predicted octanol–water partition coefficient (Wildman–Crippen LogP) is 3.04. The molecule has 1 heterocycles. The Morgan fingerprint density at radius 3 is 2.48 bits per heavy atom. The average Bonchev–Trinajstić information content (AvgIpc) is 2.73. The molecule has 1 amide bonds. The van der Waals surface area contributed by atoms with Crippen molar-refractivity contribution in [2.45, 2.75) is 11.1 Å². The molecule has 12 heteroatoms. The van der Waals surface area contributed by atoms with Crippen LogP contribution in [0.3, 0.4) is 0 Å². The third-order valence-electron chi connectivity index (χ3n) is 4.31. The molecule has 1 saturated heterocycles. The Hall–Kier alpha value is -2.70. The first-order valence-corrected chi connectivity index (χ1v) is 10.5. The van der Waals surface area contributed by atoms with E-state index in [4.69, 9.17) is 9.47 Å². The highest BCUT2D eigenvalue weighted by molar-refractivity contribution is 7.89. The number of benzene rings is 2. The lowest BCUT2D eigenvalue weighted by molar-refractivity contribution is -0.153. The van der Waals surface area contributed by atoms with Crippen LogP contribution in [0.5, 0.6) is 5.75 Å². The number of sulfonamides is 1. The third kappa shape index (κ3) is 5.71. The van der Waals surface area contributed by atoms with Crippen LogP contribution in [0, 0.1) is 5.82 Å². The van der Waals surface area contributed by atoms with Crippen molar-refractivity contribution >= 4 is 21.6 Å². The van der Waals surface area contributed by atoms with E-state index < -0.39 is 39.4 Å². The van der Waals surface area contributed by atoms with Gasteiger partial charge in [0.2, 0.25) is 10.0 Å². The first kappa shape index (κ1) is 23.0. The summed E-state index contributed by atoms with van der Waals surface area (Å²) in [6.45, 7) is -1.14. The predicted molar refractivity (Wildman–Crippen MR) is 102 cm³/mol. The molecule has 0 radical (unpaired) electrons. The lowest BCUT2D eigenvalue weighted by Crippen LogP contribution is -2.41. The second kappa shape index (κ2) is 9.20. The van der Waals surface area contributed by atoms with E-state index in [1.807, 2.05) is 0 Å². The summed E-state index contributed by atoms with van der Waals surface area (Å²) in [5.41, 5.74) is -0.252. The van der Waals surface area contributed by atoms with Gasteiger partial charge in [-0.3, -0.25) is 4.79 Å². The molecule has 1 N–H and O–H groups in total. The minimum atomic E-state index is -4.57. The molecule has 31 heavy (non-hydrogen) atoms. The number of carbonyl (C=O) groups is 1. The topological polar surface area (TPSA) is 84.9 Å². The number of nitrogens with zero attached hydrogens (tertiary/aromatic N) is 1. The smallest absolute Gasteiger partial charge is 0.422 e. The number of ether oxygens (including phenoxy) is 2. The van der Waals surface area contributed by atoms with Crippen molar-refractivity contribution in [3.8, 4) is 5.75 Å². The molecule has 0 saturated carbocycles. The van der Waals surface area contributed by atoms with Crippen molar-refractivity contribution in [1.82, 2.24) is 4.31 Å². The van der Waals surface area contributed by atoms with Crippen molar-refractivity contribution in [2.75, 3.05) is 38.2 Å². The van der Waals surface area contributed by atoms with Gasteiger partial charge < -0.3 is 14.8 Å². The van der Waals surface area contributed by atoms with E-state index in [-0.39, 0.29) is 43.3 Å². The first-order valence-electron chi connectivity index (χ1n) is 9.05. The number of rotatable bonds is 6. The monoisotopic (exact) mass is 462 g/mol. The van der Waals surface area contributed by atoms with Gasteiger partial charge in [-0.1, -0.05) is 12.1 Å². The van der Waals surface area contributed by atoms with Crippen molar-refractivity contribution < 1.29 is 40.2 Å². The highest BCUT2D eigenvalue weighted by Crippen LogP contribution is 2.28. The molecule has 168 valence electrons. The minimum Gasteiger partial charge on any atom is -0.482 e. The Morgan fingerprint density at radius 1 is 1.13 bits per heavy atom. The van der Waals surface area contributed by atoms with Gasteiger partial charge in [0.05, 0.1) is 18.9 Å². The number of morpholine rings is 1. The number of nitrogens with one attached hydrogen (secondary N) is 1. The van der Waals surface area contributed by atoms with Gasteiger partial charge in [0.1, 0.15) is 16.5 Å². The molecule has 0 bridgehead atoms. The maximum Gasteiger partial charge on any atom is 0.422 e. The maximum absolute atomic E-state index is 14.3. The summed E-state index contributed by atoms with van der Waals surface area (Å²) < 4.78 is 87.9. The van der Waals surface area contributed by atoms with Crippen LogP contribution in [0.2, 0.25) is 0 Å². The summed E-state index contributed by atoms with van der Waals surface area (Å²) in [5.74, 6) is -2.10. The zero-order valence-electron chi connectivity index (χ0n) is 16.0. The van der Waals surface area contributed by atoms with E-state index in [1.54, 1.807) is 0 Å². The number of para-hydroxylation sites is 2. The highest BCUT2D eigenvalue weighted by atomic mass is 32.2. The molecule has 0 atom stereocenters. The summed E-state index contributed by atoms with van der Waals surface area (Å²) >= 11 is 0. The maximum atomic E-state index is 14.3. The zero-order valence-corrected chi connectivity index (χ0v) is 16.8. The Labute approximate surface area is 175 Å². The van der Waals surface area contributed by atoms with E-state index in [2.05, 4.69) is 5.32 Å². The van der Waals surface area contributed by atoms with E-state index in [9.17, 15) is 30.8 Å². The van der Waals surface area contributed by atoms with Crippen molar-refractivity contribution in [3.05, 3.63) is 53.8 Å². The fourth-order valence-corrected chi connectivity index (χ4v) is 4.32. The number of hydrogen-bond donors (Lipinski definition) is 1. The summed E-state index contributed by atoms with van der Waals surface area (Å²) in [5, 5.41) is 2.36. The van der Waals surface area contributed by atoms with E-state index in [0.29, 0.717) is 0 Å². The lowest BCUT2D eigenvalue weighted by Gasteiger charge is -2.26. The van der Waals surface area contributed by atoms with Crippen molar-refractivity contribution in [3.63, 3.8) is 0 Å². The molecular weight excluding hydrogens is 444 g/mol. The van der Waals surface area contributed by atoms with Crippen LogP contribution in [0.25, 0.3) is 0 Å². The number of amides is 1. The van der Waals surface area contributed by atoms with Crippen LogP contribution < -0.4 is 10.1 Å². The van der Waals surface area contributed by atoms with Crippen LogP contribution in [0.15, 0.2) is 47.4 Å². The van der Waals surface area contributed by atoms with Gasteiger partial charge in [-0.25, -0.2) is 12.8 Å². The molecule has 1 aliphatic rings. The van der Waals surface area contributed by atoms with E-state index >= 15 is 0 Å². The molecule has 7 nitrogen and oxygen atoms in total. The average molecular weight is 462 g/mol. The number of halogens is 4. The molecule has 1 aliphatic heterocycles. The van der Waals surface area contributed by atoms with Crippen LogP contribution >= 0.6 is 0 Å². The third-order valence-corrected chi connectivity index (χ3v) is 6.22. The van der Waals surface area contributed by atoms with Crippen molar-refractivity contribution in [2.24, 2.45) is 0 Å². The Kier molecular flexibility index (Phi) is 6.82. The van der Waals surface area contributed by atoms with Gasteiger partial charge in [-0.05, 0) is 30.3 Å². The standard InChI is InChI=1S/C19H18F4N2O5S/c20-14-6-5-13(11-17(14)31(27,28)25-7-9-29-10-8-25)18(26)24-15-3-1-2-4-16(15)30-12-19(21,22)23/h1-6,11H,7-10,12H2,(H,24,26). The van der Waals surface area contributed by atoms with Gasteiger partial charge in [0.15, 0.2) is 6.61 Å². The summed E-state index contributed by atoms with van der Waals surface area (Å²) in [7, 11) is -4.21. The fraction of sp³-hybridized carbons (Fsp3) is 0.316. The fourth-order valence-electron chi connectivity index (χ4n) is 2.82. The van der Waals surface area contributed by atoms with Crippen molar-refractivity contribution in [1.29, 1.82) is 0 Å². The second-order valence-electron chi connectivity index (χ2n) is 6.52. The van der Waals surface area contributed by atoms with Gasteiger partial charge in [-0.15, -0.1) is 0 Å². The zero-order chi connectivity index (χ0) is 22.6. The lowest BCUT2D eigenvalue weighted by atomic mass is 10.2. The van der Waals surface area contributed by atoms with Gasteiger partial charge in [0.25, 0.3) is 5.91 Å². The van der Waals surface area contributed by atoms with E-state index in [0.717, 1.165) is 22.5 Å². The summed E-state index contributed by atoms with van der Waals surface area (Å²) in [6.07, 6.45) is -4.57. The largest absolute Gasteiger partial charge is 0.482 e.